The SMILES string of the molecule is CCOC(=O)c1cn2c(-c3cc(OCc4cccc(C#N)c4)ncc3NCc3ccc(OC)cc3OC)nccc2n1. The third-order valence-corrected chi connectivity index (χ3v) is 6.39. The van der Waals surface area contributed by atoms with Crippen molar-refractivity contribution in [1.82, 2.24) is 19.4 Å². The van der Waals surface area contributed by atoms with Crippen LogP contribution in [-0.4, -0.2) is 46.1 Å². The number of benzene rings is 2. The molecule has 0 saturated heterocycles. The van der Waals surface area contributed by atoms with Crippen molar-refractivity contribution in [2.45, 2.75) is 20.1 Å². The van der Waals surface area contributed by atoms with Gasteiger partial charge < -0.3 is 24.3 Å². The third kappa shape index (κ3) is 6.08. The first-order valence-electron chi connectivity index (χ1n) is 13.1. The Bertz CT molecular complexity index is 1780. The number of esters is 1. The maximum absolute atomic E-state index is 12.4. The quantitative estimate of drug-likeness (QED) is 0.217. The van der Waals surface area contributed by atoms with E-state index >= 15 is 0 Å². The van der Waals surface area contributed by atoms with E-state index in [9.17, 15) is 10.1 Å². The molecule has 3 heterocycles. The molecular formula is C31H28N6O5. The molecule has 0 unspecified atom stereocenters. The van der Waals surface area contributed by atoms with Gasteiger partial charge in [0, 0.05) is 42.2 Å². The molecule has 0 aliphatic heterocycles. The molecule has 0 saturated carbocycles. The molecule has 0 amide bonds. The van der Waals surface area contributed by atoms with Gasteiger partial charge in [-0.1, -0.05) is 12.1 Å². The highest BCUT2D eigenvalue weighted by Gasteiger charge is 2.18. The maximum Gasteiger partial charge on any atom is 0.358 e. The van der Waals surface area contributed by atoms with Crippen LogP contribution in [0.1, 0.15) is 34.1 Å². The normalized spacial score (nSPS) is 10.6. The summed E-state index contributed by atoms with van der Waals surface area (Å²) in [6.45, 7) is 2.61. The molecule has 11 heteroatoms. The highest BCUT2D eigenvalue weighted by molar-refractivity contribution is 5.88. The van der Waals surface area contributed by atoms with Crippen molar-refractivity contribution in [2.24, 2.45) is 0 Å². The smallest absolute Gasteiger partial charge is 0.358 e. The summed E-state index contributed by atoms with van der Waals surface area (Å²) in [5.41, 5.74) is 4.31. The Labute approximate surface area is 242 Å². The molecule has 42 heavy (non-hydrogen) atoms. The van der Waals surface area contributed by atoms with Crippen LogP contribution in [0.5, 0.6) is 17.4 Å². The number of ether oxygens (including phenoxy) is 4. The predicted molar refractivity (Wildman–Crippen MR) is 155 cm³/mol. The second kappa shape index (κ2) is 12.7. The van der Waals surface area contributed by atoms with E-state index in [0.29, 0.717) is 52.2 Å². The van der Waals surface area contributed by atoms with Gasteiger partial charge in [-0.15, -0.1) is 0 Å². The lowest BCUT2D eigenvalue weighted by Crippen LogP contribution is -2.06. The molecule has 5 aromatic rings. The van der Waals surface area contributed by atoms with Crippen molar-refractivity contribution < 1.29 is 23.7 Å². The number of carbonyl (C=O) groups excluding carboxylic acids is 1. The van der Waals surface area contributed by atoms with E-state index in [1.165, 1.54) is 0 Å². The first-order chi connectivity index (χ1) is 20.5. The first-order valence-corrected chi connectivity index (χ1v) is 13.1. The van der Waals surface area contributed by atoms with Crippen molar-refractivity contribution in [3.05, 3.63) is 95.6 Å². The number of nitrogens with one attached hydrogen (secondary N) is 1. The lowest BCUT2D eigenvalue weighted by atomic mass is 10.1. The van der Waals surface area contributed by atoms with Crippen molar-refractivity contribution >= 4 is 17.3 Å². The summed E-state index contributed by atoms with van der Waals surface area (Å²) >= 11 is 0. The van der Waals surface area contributed by atoms with Crippen LogP contribution in [0, 0.1) is 11.3 Å². The minimum Gasteiger partial charge on any atom is -0.497 e. The van der Waals surface area contributed by atoms with E-state index in [4.69, 9.17) is 18.9 Å². The largest absolute Gasteiger partial charge is 0.497 e. The number of anilines is 1. The second-order valence-electron chi connectivity index (χ2n) is 9.04. The van der Waals surface area contributed by atoms with Gasteiger partial charge in [-0.25, -0.2) is 19.7 Å². The van der Waals surface area contributed by atoms with Crippen LogP contribution >= 0.6 is 0 Å². The third-order valence-electron chi connectivity index (χ3n) is 6.39. The second-order valence-corrected chi connectivity index (χ2v) is 9.04. The van der Waals surface area contributed by atoms with Crippen LogP contribution in [0.3, 0.4) is 0 Å². The van der Waals surface area contributed by atoms with Gasteiger partial charge in [-0.2, -0.15) is 5.26 Å². The summed E-state index contributed by atoms with van der Waals surface area (Å²) < 4.78 is 23.8. The van der Waals surface area contributed by atoms with Gasteiger partial charge in [0.15, 0.2) is 5.69 Å². The van der Waals surface area contributed by atoms with E-state index in [0.717, 1.165) is 11.1 Å². The van der Waals surface area contributed by atoms with E-state index in [1.54, 1.807) is 74.5 Å². The average molecular weight is 565 g/mol. The summed E-state index contributed by atoms with van der Waals surface area (Å²) in [6, 6.07) is 18.4. The fourth-order valence-corrected chi connectivity index (χ4v) is 4.34. The van der Waals surface area contributed by atoms with E-state index in [-0.39, 0.29) is 18.9 Å². The number of hydrogen-bond donors (Lipinski definition) is 1. The molecule has 0 radical (unpaired) electrons. The minimum atomic E-state index is -0.518. The highest BCUT2D eigenvalue weighted by Crippen LogP contribution is 2.32. The van der Waals surface area contributed by atoms with Gasteiger partial charge in [0.05, 0.1) is 44.3 Å². The molecular weight excluding hydrogens is 536 g/mol. The highest BCUT2D eigenvalue weighted by atomic mass is 16.5. The molecule has 0 atom stereocenters. The summed E-state index contributed by atoms with van der Waals surface area (Å²) in [6.07, 6.45) is 4.88. The fourth-order valence-electron chi connectivity index (χ4n) is 4.34. The number of aromatic nitrogens is 4. The van der Waals surface area contributed by atoms with Gasteiger partial charge in [-0.3, -0.25) is 4.40 Å². The Morgan fingerprint density at radius 1 is 1.07 bits per heavy atom. The Hall–Kier alpha value is -5.63. The average Bonchev–Trinajstić information content (AvgIpc) is 3.48. The zero-order valence-electron chi connectivity index (χ0n) is 23.3. The summed E-state index contributed by atoms with van der Waals surface area (Å²) in [4.78, 5) is 26.0. The van der Waals surface area contributed by atoms with Crippen LogP contribution < -0.4 is 19.5 Å². The molecule has 5 rings (SSSR count). The molecule has 3 aromatic heterocycles. The van der Waals surface area contributed by atoms with Crippen LogP contribution in [-0.2, 0) is 17.9 Å². The first kappa shape index (κ1) is 27.9. The number of rotatable bonds is 11. The standard InChI is InChI=1S/C31H28N6O5/c1-4-41-31(38)26-18-37-28(36-26)10-11-33-30(37)24-14-29(42-19-21-7-5-6-20(12-21)15-32)35-17-25(24)34-16-22-8-9-23(39-2)13-27(22)40-3/h5-14,17-18,34H,4,16,19H2,1-3H3. The Kier molecular flexibility index (Phi) is 8.44. The van der Waals surface area contributed by atoms with Crippen molar-refractivity contribution in [2.75, 3.05) is 26.1 Å². The summed E-state index contributed by atoms with van der Waals surface area (Å²) in [5, 5.41) is 12.6. The van der Waals surface area contributed by atoms with Gasteiger partial charge in [0.25, 0.3) is 0 Å². The van der Waals surface area contributed by atoms with Crippen LogP contribution in [0.4, 0.5) is 5.69 Å². The Balaban J connectivity index is 1.52. The Morgan fingerprint density at radius 2 is 1.95 bits per heavy atom. The minimum absolute atomic E-state index is 0.173. The van der Waals surface area contributed by atoms with Crippen LogP contribution in [0.2, 0.25) is 0 Å². The number of nitrogens with zero attached hydrogens (tertiary/aromatic N) is 5. The van der Waals surface area contributed by atoms with Gasteiger partial charge in [0.1, 0.15) is 29.6 Å². The van der Waals surface area contributed by atoms with E-state index in [1.807, 2.05) is 24.3 Å². The van der Waals surface area contributed by atoms with Crippen LogP contribution in [0.15, 0.2) is 73.2 Å². The number of hydrogen-bond acceptors (Lipinski definition) is 10. The number of pyridine rings is 1. The number of nitriles is 1. The van der Waals surface area contributed by atoms with E-state index in [2.05, 4.69) is 26.3 Å². The van der Waals surface area contributed by atoms with Crippen molar-refractivity contribution in [1.29, 1.82) is 5.26 Å². The van der Waals surface area contributed by atoms with Crippen LogP contribution in [0.25, 0.3) is 17.0 Å². The monoisotopic (exact) mass is 564 g/mol. The molecule has 0 aliphatic rings. The van der Waals surface area contributed by atoms with Gasteiger partial charge in [-0.05, 0) is 42.8 Å². The number of imidazole rings is 1. The molecule has 0 fully saturated rings. The summed E-state index contributed by atoms with van der Waals surface area (Å²) in [5.74, 6) is 1.70. The lowest BCUT2D eigenvalue weighted by Gasteiger charge is -2.16. The number of fused-ring (bicyclic) bond motifs is 1. The summed E-state index contributed by atoms with van der Waals surface area (Å²) in [7, 11) is 3.21. The number of methoxy groups -OCH3 is 2. The number of carbonyl (C=O) groups is 1. The molecule has 0 aliphatic carbocycles. The molecule has 1 N–H and O–H groups in total. The van der Waals surface area contributed by atoms with Gasteiger partial charge in [0.2, 0.25) is 5.88 Å². The fraction of sp³-hybridized carbons (Fsp3) is 0.194. The molecule has 11 nitrogen and oxygen atoms in total. The van der Waals surface area contributed by atoms with Gasteiger partial charge >= 0.3 is 5.97 Å². The molecule has 0 spiro atoms. The topological polar surface area (TPSA) is 133 Å². The molecule has 0 bridgehead atoms. The molecule has 212 valence electrons. The zero-order valence-corrected chi connectivity index (χ0v) is 23.3. The predicted octanol–water partition coefficient (Wildman–Crippen LogP) is 5.05. The van der Waals surface area contributed by atoms with Crippen molar-refractivity contribution in [3.63, 3.8) is 0 Å². The lowest BCUT2D eigenvalue weighted by molar-refractivity contribution is 0.0520. The Morgan fingerprint density at radius 3 is 2.74 bits per heavy atom. The maximum atomic E-state index is 12.4. The van der Waals surface area contributed by atoms with E-state index < -0.39 is 5.97 Å². The molecule has 2 aromatic carbocycles. The van der Waals surface area contributed by atoms with Crippen molar-refractivity contribution in [3.8, 4) is 34.8 Å². The zero-order chi connectivity index (χ0) is 29.5.